The van der Waals surface area contributed by atoms with Crippen LogP contribution in [-0.4, -0.2) is 49.5 Å². The van der Waals surface area contributed by atoms with Crippen LogP contribution in [0.25, 0.3) is 0 Å². The van der Waals surface area contributed by atoms with E-state index in [2.05, 4.69) is 11.5 Å². The number of aliphatic carboxylic acids is 1. The lowest BCUT2D eigenvalue weighted by Gasteiger charge is -2.26. The van der Waals surface area contributed by atoms with Crippen molar-refractivity contribution >= 4 is 21.7 Å². The van der Waals surface area contributed by atoms with Crippen molar-refractivity contribution in [3.05, 3.63) is 36.4 Å². The van der Waals surface area contributed by atoms with Crippen LogP contribution in [0.3, 0.4) is 0 Å². The molecule has 2 heterocycles. The molecule has 2 atom stereocenters. The summed E-state index contributed by atoms with van der Waals surface area (Å²) in [5.74, 6) is -0.739. The summed E-state index contributed by atoms with van der Waals surface area (Å²) in [5, 5.41) is 9.36. The first-order valence-electron chi connectivity index (χ1n) is 8.57. The van der Waals surface area contributed by atoms with Crippen molar-refractivity contribution in [1.29, 1.82) is 0 Å². The van der Waals surface area contributed by atoms with Gasteiger partial charge in [-0.15, -0.1) is 6.58 Å². The molecule has 0 amide bonds. The number of anilines is 1. The normalized spacial score (nSPS) is 24.6. The van der Waals surface area contributed by atoms with Crippen LogP contribution in [0.1, 0.15) is 24.8 Å². The molecule has 0 aliphatic carbocycles. The largest absolute Gasteiger partial charge is 0.480 e. The van der Waals surface area contributed by atoms with Crippen molar-refractivity contribution in [2.45, 2.75) is 37.1 Å². The molecule has 1 N–H and O–H groups in total. The molecule has 0 saturated carbocycles. The SMILES string of the molecule is C=C[C@H]1CCN(c2cc(C)ccc2S(=O)(=O)N2CCC[C@H]2C(=O)O)C1. The summed E-state index contributed by atoms with van der Waals surface area (Å²) in [4.78, 5) is 13.7. The lowest BCUT2D eigenvalue weighted by Crippen LogP contribution is -2.41. The van der Waals surface area contributed by atoms with Crippen LogP contribution in [0.15, 0.2) is 35.7 Å². The molecular formula is C18H24N2O4S. The van der Waals surface area contributed by atoms with Gasteiger partial charge < -0.3 is 10.0 Å². The summed E-state index contributed by atoms with van der Waals surface area (Å²) < 4.78 is 27.6. The summed E-state index contributed by atoms with van der Waals surface area (Å²) in [6, 6.07) is 4.28. The fourth-order valence-corrected chi connectivity index (χ4v) is 5.54. The topological polar surface area (TPSA) is 77.9 Å². The molecule has 0 radical (unpaired) electrons. The van der Waals surface area contributed by atoms with Crippen LogP contribution in [-0.2, 0) is 14.8 Å². The van der Waals surface area contributed by atoms with Crippen LogP contribution in [0.2, 0.25) is 0 Å². The van der Waals surface area contributed by atoms with Gasteiger partial charge in [-0.05, 0) is 49.8 Å². The quantitative estimate of drug-likeness (QED) is 0.811. The van der Waals surface area contributed by atoms with E-state index in [0.29, 0.717) is 24.4 Å². The molecule has 0 aromatic heterocycles. The van der Waals surface area contributed by atoms with Crippen molar-refractivity contribution in [3.8, 4) is 0 Å². The van der Waals surface area contributed by atoms with Gasteiger partial charge in [0.25, 0.3) is 0 Å². The Bertz CT molecular complexity index is 790. The molecule has 7 heteroatoms. The molecule has 136 valence electrons. The first kappa shape index (κ1) is 17.9. The molecule has 2 aliphatic heterocycles. The van der Waals surface area contributed by atoms with E-state index in [9.17, 15) is 18.3 Å². The van der Waals surface area contributed by atoms with E-state index < -0.39 is 22.0 Å². The Balaban J connectivity index is 2.02. The van der Waals surface area contributed by atoms with Gasteiger partial charge in [0.1, 0.15) is 10.9 Å². The van der Waals surface area contributed by atoms with Crippen molar-refractivity contribution < 1.29 is 18.3 Å². The number of hydrogen-bond acceptors (Lipinski definition) is 4. The van der Waals surface area contributed by atoms with E-state index in [1.807, 2.05) is 19.1 Å². The third kappa shape index (κ3) is 3.30. The minimum atomic E-state index is -3.86. The number of hydrogen-bond donors (Lipinski definition) is 1. The highest BCUT2D eigenvalue weighted by molar-refractivity contribution is 7.89. The number of rotatable bonds is 5. The first-order valence-corrected chi connectivity index (χ1v) is 10.0. The van der Waals surface area contributed by atoms with Gasteiger partial charge in [0, 0.05) is 19.6 Å². The van der Waals surface area contributed by atoms with Crippen molar-refractivity contribution in [1.82, 2.24) is 4.31 Å². The lowest BCUT2D eigenvalue weighted by atomic mass is 10.1. The summed E-state index contributed by atoms with van der Waals surface area (Å²) in [6.07, 6.45) is 3.78. The summed E-state index contributed by atoms with van der Waals surface area (Å²) in [5.41, 5.74) is 1.65. The number of aryl methyl sites for hydroxylation is 1. The standard InChI is InChI=1S/C18H24N2O4S/c1-3-14-8-10-19(12-14)16-11-13(2)6-7-17(16)25(23,24)20-9-4-5-15(20)18(21)22/h3,6-7,11,14-15H,1,4-5,8-10,12H2,2H3,(H,21,22)/t14-,15-/m0/s1. The molecule has 0 spiro atoms. The second kappa shape index (κ2) is 6.80. The first-order chi connectivity index (χ1) is 11.8. The Labute approximate surface area is 148 Å². The fraction of sp³-hybridized carbons (Fsp3) is 0.500. The Morgan fingerprint density at radius 3 is 2.72 bits per heavy atom. The monoisotopic (exact) mass is 364 g/mol. The van der Waals surface area contributed by atoms with E-state index in [4.69, 9.17) is 0 Å². The second-order valence-corrected chi connectivity index (χ2v) is 8.67. The molecule has 3 rings (SSSR count). The molecule has 0 unspecified atom stereocenters. The average Bonchev–Trinajstić information content (AvgIpc) is 3.24. The minimum Gasteiger partial charge on any atom is -0.480 e. The van der Waals surface area contributed by atoms with E-state index in [0.717, 1.165) is 29.4 Å². The van der Waals surface area contributed by atoms with Gasteiger partial charge in [-0.25, -0.2) is 8.42 Å². The number of benzene rings is 1. The second-order valence-electron chi connectivity index (χ2n) is 6.81. The molecular weight excluding hydrogens is 340 g/mol. The number of carboxylic acid groups (broad SMARTS) is 1. The molecule has 1 aromatic rings. The number of carboxylic acids is 1. The zero-order valence-electron chi connectivity index (χ0n) is 14.4. The smallest absolute Gasteiger partial charge is 0.322 e. The van der Waals surface area contributed by atoms with Gasteiger partial charge >= 0.3 is 5.97 Å². The van der Waals surface area contributed by atoms with Crippen LogP contribution < -0.4 is 4.90 Å². The number of sulfonamides is 1. The minimum absolute atomic E-state index is 0.205. The summed E-state index contributed by atoms with van der Waals surface area (Å²) in [7, 11) is -3.86. The zero-order valence-corrected chi connectivity index (χ0v) is 15.2. The number of carbonyl (C=O) groups is 1. The van der Waals surface area contributed by atoms with Crippen LogP contribution >= 0.6 is 0 Å². The van der Waals surface area contributed by atoms with Crippen molar-refractivity contribution in [3.63, 3.8) is 0 Å². The molecule has 1 aromatic carbocycles. The highest BCUT2D eigenvalue weighted by Gasteiger charge is 2.41. The van der Waals surface area contributed by atoms with Crippen LogP contribution in [0, 0.1) is 12.8 Å². The Morgan fingerprint density at radius 1 is 1.32 bits per heavy atom. The Kier molecular flexibility index (Phi) is 4.88. The van der Waals surface area contributed by atoms with Crippen molar-refractivity contribution in [2.24, 2.45) is 5.92 Å². The van der Waals surface area contributed by atoms with Gasteiger partial charge in [-0.1, -0.05) is 12.1 Å². The fourth-order valence-electron chi connectivity index (χ4n) is 3.69. The van der Waals surface area contributed by atoms with Crippen molar-refractivity contribution in [2.75, 3.05) is 24.5 Å². The maximum atomic E-state index is 13.2. The molecule has 2 fully saturated rings. The Morgan fingerprint density at radius 2 is 2.08 bits per heavy atom. The Hall–Kier alpha value is -1.86. The van der Waals surface area contributed by atoms with E-state index >= 15 is 0 Å². The van der Waals surface area contributed by atoms with Gasteiger partial charge in [-0.3, -0.25) is 4.79 Å². The third-order valence-corrected chi connectivity index (χ3v) is 7.04. The zero-order chi connectivity index (χ0) is 18.2. The molecule has 2 saturated heterocycles. The highest BCUT2D eigenvalue weighted by Crippen LogP contribution is 2.35. The van der Waals surface area contributed by atoms with Gasteiger partial charge in [0.2, 0.25) is 10.0 Å². The van der Waals surface area contributed by atoms with E-state index in [1.165, 1.54) is 0 Å². The summed E-state index contributed by atoms with van der Waals surface area (Å²) in [6.45, 7) is 7.52. The predicted molar refractivity (Wildman–Crippen MR) is 96.2 cm³/mol. The van der Waals surface area contributed by atoms with Gasteiger partial charge in [0.05, 0.1) is 5.69 Å². The predicted octanol–water partition coefficient (Wildman–Crippen LogP) is 2.25. The van der Waals surface area contributed by atoms with Crippen LogP contribution in [0.4, 0.5) is 5.69 Å². The maximum absolute atomic E-state index is 13.2. The molecule has 6 nitrogen and oxygen atoms in total. The number of nitrogens with zero attached hydrogens (tertiary/aromatic N) is 2. The summed E-state index contributed by atoms with van der Waals surface area (Å²) >= 11 is 0. The van der Waals surface area contributed by atoms with E-state index in [1.54, 1.807) is 12.1 Å². The van der Waals surface area contributed by atoms with Gasteiger partial charge in [0.15, 0.2) is 0 Å². The maximum Gasteiger partial charge on any atom is 0.322 e. The highest BCUT2D eigenvalue weighted by atomic mass is 32.2. The molecule has 2 aliphatic rings. The lowest BCUT2D eigenvalue weighted by molar-refractivity contribution is -0.140. The van der Waals surface area contributed by atoms with Crippen LogP contribution in [0.5, 0.6) is 0 Å². The average molecular weight is 364 g/mol. The van der Waals surface area contributed by atoms with E-state index in [-0.39, 0.29) is 11.4 Å². The third-order valence-electron chi connectivity index (χ3n) is 5.09. The molecule has 25 heavy (non-hydrogen) atoms. The van der Waals surface area contributed by atoms with Gasteiger partial charge in [-0.2, -0.15) is 4.31 Å². The molecule has 0 bridgehead atoms.